The Morgan fingerprint density at radius 2 is 1.88 bits per heavy atom. The second-order valence-corrected chi connectivity index (χ2v) is 5.63. The first-order valence-corrected chi connectivity index (χ1v) is 7.67. The summed E-state index contributed by atoms with van der Waals surface area (Å²) in [6, 6.07) is 11.8. The molecule has 0 atom stereocenters. The lowest BCUT2D eigenvalue weighted by Gasteiger charge is -2.03. The van der Waals surface area contributed by atoms with E-state index >= 15 is 0 Å². The van der Waals surface area contributed by atoms with Crippen LogP contribution in [0.4, 0.5) is 0 Å². The highest BCUT2D eigenvalue weighted by atomic mass is 16.5. The van der Waals surface area contributed by atoms with Crippen LogP contribution in [0.15, 0.2) is 57.8 Å². The van der Waals surface area contributed by atoms with Crippen molar-refractivity contribution >= 4 is 0 Å². The van der Waals surface area contributed by atoms with Gasteiger partial charge in [0, 0.05) is 16.7 Å². The Kier molecular flexibility index (Phi) is 3.49. The van der Waals surface area contributed by atoms with E-state index in [2.05, 4.69) is 15.5 Å². The zero-order valence-electron chi connectivity index (χ0n) is 13.4. The van der Waals surface area contributed by atoms with Gasteiger partial charge < -0.3 is 8.94 Å². The molecule has 0 radical (unpaired) electrons. The molecule has 120 valence electrons. The minimum atomic E-state index is 0.580. The van der Waals surface area contributed by atoms with E-state index in [1.54, 1.807) is 10.9 Å². The number of benzene rings is 1. The van der Waals surface area contributed by atoms with Crippen LogP contribution in [0, 0.1) is 13.8 Å². The Bertz CT molecular complexity index is 947. The van der Waals surface area contributed by atoms with Gasteiger partial charge in [0.1, 0.15) is 17.2 Å². The number of hydrogen-bond acceptors (Lipinski definition) is 5. The van der Waals surface area contributed by atoms with Crippen molar-refractivity contribution < 1.29 is 8.94 Å². The summed E-state index contributed by atoms with van der Waals surface area (Å²) in [6.45, 7) is 4.41. The van der Waals surface area contributed by atoms with E-state index < -0.39 is 0 Å². The highest BCUT2D eigenvalue weighted by molar-refractivity contribution is 5.78. The highest BCUT2D eigenvalue weighted by Crippen LogP contribution is 2.31. The van der Waals surface area contributed by atoms with Crippen molar-refractivity contribution in [1.29, 1.82) is 0 Å². The van der Waals surface area contributed by atoms with Gasteiger partial charge in [-0.2, -0.15) is 0 Å². The molecule has 0 N–H and O–H groups in total. The van der Waals surface area contributed by atoms with E-state index in [9.17, 15) is 0 Å². The summed E-state index contributed by atoms with van der Waals surface area (Å²) in [7, 11) is 0. The van der Waals surface area contributed by atoms with Gasteiger partial charge in [0.2, 0.25) is 0 Å². The average Bonchev–Trinajstić information content (AvgIpc) is 3.33. The molecule has 3 heterocycles. The summed E-state index contributed by atoms with van der Waals surface area (Å²) < 4.78 is 12.5. The first-order valence-electron chi connectivity index (χ1n) is 7.67. The molecule has 0 aliphatic heterocycles. The van der Waals surface area contributed by atoms with Gasteiger partial charge in [-0.1, -0.05) is 34.6 Å². The van der Waals surface area contributed by atoms with Crippen molar-refractivity contribution in [2.75, 3.05) is 0 Å². The van der Waals surface area contributed by atoms with Crippen LogP contribution in [-0.2, 0) is 6.54 Å². The predicted molar refractivity (Wildman–Crippen MR) is 88.2 cm³/mol. The normalized spacial score (nSPS) is 11.1. The van der Waals surface area contributed by atoms with Crippen LogP contribution in [0.1, 0.15) is 17.0 Å². The number of furan rings is 1. The quantitative estimate of drug-likeness (QED) is 0.571. The molecule has 6 nitrogen and oxygen atoms in total. The van der Waals surface area contributed by atoms with Crippen molar-refractivity contribution in [2.24, 2.45) is 0 Å². The number of hydrogen-bond donors (Lipinski definition) is 0. The Hall–Kier alpha value is -3.15. The Morgan fingerprint density at radius 3 is 2.58 bits per heavy atom. The van der Waals surface area contributed by atoms with Gasteiger partial charge in [0.15, 0.2) is 0 Å². The van der Waals surface area contributed by atoms with Gasteiger partial charge in [0.05, 0.1) is 24.7 Å². The van der Waals surface area contributed by atoms with E-state index in [-0.39, 0.29) is 0 Å². The van der Waals surface area contributed by atoms with Crippen molar-refractivity contribution in [2.45, 2.75) is 20.4 Å². The average molecular weight is 320 g/mol. The van der Waals surface area contributed by atoms with E-state index in [0.717, 1.165) is 39.6 Å². The fourth-order valence-electron chi connectivity index (χ4n) is 2.74. The lowest BCUT2D eigenvalue weighted by Crippen LogP contribution is -2.02. The molecule has 24 heavy (non-hydrogen) atoms. The summed E-state index contributed by atoms with van der Waals surface area (Å²) in [5, 5.41) is 12.5. The first-order chi connectivity index (χ1) is 11.7. The molecule has 0 aliphatic rings. The van der Waals surface area contributed by atoms with E-state index in [4.69, 9.17) is 8.94 Å². The maximum Gasteiger partial charge on any atom is 0.138 e. The van der Waals surface area contributed by atoms with Crippen molar-refractivity contribution in [3.05, 3.63) is 65.9 Å². The van der Waals surface area contributed by atoms with Crippen molar-refractivity contribution in [3.63, 3.8) is 0 Å². The molecule has 4 rings (SSSR count). The fraction of sp³-hybridized carbons (Fsp3) is 0.167. The second-order valence-electron chi connectivity index (χ2n) is 5.63. The summed E-state index contributed by atoms with van der Waals surface area (Å²) >= 11 is 0. The standard InChI is InChI=1S/C18H16N4O2/c1-12-16(13(2)24-20-12)10-22-11-17(19-21-22)14-6-3-4-7-15(14)18-8-5-9-23-18/h3-9,11H,10H2,1-2H3. The first kappa shape index (κ1) is 14.4. The molecule has 0 amide bonds. The van der Waals surface area contributed by atoms with E-state index in [1.165, 1.54) is 0 Å². The zero-order chi connectivity index (χ0) is 16.5. The molecule has 1 aromatic carbocycles. The fourth-order valence-corrected chi connectivity index (χ4v) is 2.74. The van der Waals surface area contributed by atoms with E-state index in [1.807, 2.05) is 56.4 Å². The van der Waals surface area contributed by atoms with Gasteiger partial charge in [-0.25, -0.2) is 4.68 Å². The summed E-state index contributed by atoms with van der Waals surface area (Å²) in [4.78, 5) is 0. The molecule has 0 spiro atoms. The largest absolute Gasteiger partial charge is 0.464 e. The molecule has 0 saturated carbocycles. The maximum absolute atomic E-state index is 5.53. The summed E-state index contributed by atoms with van der Waals surface area (Å²) in [6.07, 6.45) is 3.59. The van der Waals surface area contributed by atoms with Crippen LogP contribution in [0.2, 0.25) is 0 Å². The molecule has 0 bridgehead atoms. The smallest absolute Gasteiger partial charge is 0.138 e. The monoisotopic (exact) mass is 320 g/mol. The molecular weight excluding hydrogens is 304 g/mol. The Labute approximate surface area is 138 Å². The lowest BCUT2D eigenvalue weighted by molar-refractivity contribution is 0.391. The molecular formula is C18H16N4O2. The Balaban J connectivity index is 1.69. The SMILES string of the molecule is Cc1noc(C)c1Cn1cc(-c2ccccc2-c2ccco2)nn1. The van der Waals surface area contributed by atoms with Gasteiger partial charge in [0.25, 0.3) is 0 Å². The van der Waals surface area contributed by atoms with Crippen LogP contribution < -0.4 is 0 Å². The minimum absolute atomic E-state index is 0.580. The van der Waals surface area contributed by atoms with Crippen molar-refractivity contribution in [1.82, 2.24) is 20.2 Å². The third-order valence-corrected chi connectivity index (χ3v) is 4.03. The van der Waals surface area contributed by atoms with Crippen LogP contribution >= 0.6 is 0 Å². The highest BCUT2D eigenvalue weighted by Gasteiger charge is 2.14. The zero-order valence-corrected chi connectivity index (χ0v) is 13.4. The van der Waals surface area contributed by atoms with E-state index in [0.29, 0.717) is 6.54 Å². The molecule has 3 aromatic heterocycles. The number of aryl methyl sites for hydroxylation is 2. The number of aromatic nitrogens is 4. The third kappa shape index (κ3) is 2.52. The maximum atomic E-state index is 5.53. The van der Waals surface area contributed by atoms with Gasteiger partial charge in [-0.05, 0) is 26.0 Å². The van der Waals surface area contributed by atoms with Gasteiger partial charge >= 0.3 is 0 Å². The molecule has 0 aliphatic carbocycles. The molecule has 0 saturated heterocycles. The Morgan fingerprint density at radius 1 is 1.04 bits per heavy atom. The lowest BCUT2D eigenvalue weighted by atomic mass is 10.0. The number of rotatable bonds is 4. The van der Waals surface area contributed by atoms with Gasteiger partial charge in [-0.15, -0.1) is 5.10 Å². The molecule has 0 unspecified atom stereocenters. The summed E-state index contributed by atoms with van der Waals surface area (Å²) in [5.41, 5.74) is 4.68. The van der Waals surface area contributed by atoms with Crippen LogP contribution in [-0.4, -0.2) is 20.2 Å². The van der Waals surface area contributed by atoms with Crippen LogP contribution in [0.5, 0.6) is 0 Å². The van der Waals surface area contributed by atoms with Gasteiger partial charge in [-0.3, -0.25) is 0 Å². The van der Waals surface area contributed by atoms with Crippen molar-refractivity contribution in [3.8, 4) is 22.6 Å². The topological polar surface area (TPSA) is 69.9 Å². The minimum Gasteiger partial charge on any atom is -0.464 e. The third-order valence-electron chi connectivity index (χ3n) is 4.03. The molecule has 6 heteroatoms. The predicted octanol–water partition coefficient (Wildman–Crippen LogP) is 3.86. The van der Waals surface area contributed by atoms with Crippen LogP contribution in [0.3, 0.4) is 0 Å². The summed E-state index contributed by atoms with van der Waals surface area (Å²) in [5.74, 6) is 1.62. The molecule has 4 aromatic rings. The number of nitrogens with zero attached hydrogens (tertiary/aromatic N) is 4. The van der Waals surface area contributed by atoms with Crippen LogP contribution in [0.25, 0.3) is 22.6 Å². The second kappa shape index (κ2) is 5.81. The molecule has 0 fully saturated rings.